The second-order valence-electron chi connectivity index (χ2n) is 4.74. The van der Waals surface area contributed by atoms with Crippen LogP contribution in [0.4, 0.5) is 16.2 Å². The van der Waals surface area contributed by atoms with Crippen LogP contribution < -0.4 is 10.2 Å². The van der Waals surface area contributed by atoms with Gasteiger partial charge in [-0.1, -0.05) is 28.1 Å². The molecule has 1 aliphatic rings. The van der Waals surface area contributed by atoms with Crippen molar-refractivity contribution in [2.24, 2.45) is 0 Å². The molecule has 0 radical (unpaired) electrons. The fraction of sp³-hybridized carbons (Fsp3) is 0.125. The van der Waals surface area contributed by atoms with E-state index >= 15 is 0 Å². The second kappa shape index (κ2) is 6.19. The number of carbonyl (C=O) groups excluding carboxylic acids is 2. The van der Waals surface area contributed by atoms with Crippen LogP contribution in [0.1, 0.15) is 10.4 Å². The summed E-state index contributed by atoms with van der Waals surface area (Å²) in [7, 11) is 0. The molecular formula is C16H13BrN2O3. The van der Waals surface area contributed by atoms with Gasteiger partial charge in [0.2, 0.25) is 0 Å². The highest BCUT2D eigenvalue weighted by molar-refractivity contribution is 9.10. The van der Waals surface area contributed by atoms with Gasteiger partial charge >= 0.3 is 6.09 Å². The molecule has 2 aromatic rings. The number of nitrogens with zero attached hydrogens (tertiary/aromatic N) is 1. The van der Waals surface area contributed by atoms with Crippen LogP contribution >= 0.6 is 15.9 Å². The zero-order chi connectivity index (χ0) is 15.5. The Bertz CT molecular complexity index is 716. The molecule has 0 bridgehead atoms. The number of amides is 2. The fourth-order valence-corrected chi connectivity index (χ4v) is 2.49. The number of anilines is 2. The molecule has 0 atom stereocenters. The monoisotopic (exact) mass is 360 g/mol. The van der Waals surface area contributed by atoms with Crippen molar-refractivity contribution in [3.05, 3.63) is 58.6 Å². The number of nitrogens with one attached hydrogen (secondary N) is 1. The molecular weight excluding hydrogens is 348 g/mol. The van der Waals surface area contributed by atoms with Crippen LogP contribution in [0.15, 0.2) is 53.0 Å². The number of carbonyl (C=O) groups is 2. The minimum absolute atomic E-state index is 0.229. The summed E-state index contributed by atoms with van der Waals surface area (Å²) < 4.78 is 5.85. The van der Waals surface area contributed by atoms with E-state index in [2.05, 4.69) is 21.2 Å². The van der Waals surface area contributed by atoms with E-state index in [9.17, 15) is 9.59 Å². The molecule has 0 unspecified atom stereocenters. The molecule has 2 amide bonds. The third kappa shape index (κ3) is 2.96. The first-order chi connectivity index (χ1) is 10.6. The van der Waals surface area contributed by atoms with Gasteiger partial charge in [-0.25, -0.2) is 4.79 Å². The summed E-state index contributed by atoms with van der Waals surface area (Å²) in [6, 6.07) is 14.2. The molecule has 112 valence electrons. The standard InChI is InChI=1S/C16H13BrN2O3/c17-12-7-5-11(6-8-12)15(20)18-13-3-1-2-4-14(13)19-9-10-22-16(19)21/h1-8H,9-10H2,(H,18,20). The van der Waals surface area contributed by atoms with E-state index in [1.807, 2.05) is 12.1 Å². The summed E-state index contributed by atoms with van der Waals surface area (Å²) in [4.78, 5) is 25.5. The number of hydrogen-bond acceptors (Lipinski definition) is 3. The Hall–Kier alpha value is -2.34. The van der Waals surface area contributed by atoms with Crippen molar-refractivity contribution in [1.82, 2.24) is 0 Å². The van der Waals surface area contributed by atoms with Gasteiger partial charge in [0.15, 0.2) is 0 Å². The predicted molar refractivity (Wildman–Crippen MR) is 87.2 cm³/mol. The maximum absolute atomic E-state index is 12.3. The predicted octanol–water partition coefficient (Wildman–Crippen LogP) is 3.66. The lowest BCUT2D eigenvalue weighted by Gasteiger charge is -2.17. The zero-order valence-corrected chi connectivity index (χ0v) is 13.2. The molecule has 1 aliphatic heterocycles. The van der Waals surface area contributed by atoms with Crippen molar-refractivity contribution in [2.45, 2.75) is 0 Å². The fourth-order valence-electron chi connectivity index (χ4n) is 2.22. The summed E-state index contributed by atoms with van der Waals surface area (Å²) in [5.74, 6) is -0.229. The lowest BCUT2D eigenvalue weighted by Crippen LogP contribution is -2.25. The quantitative estimate of drug-likeness (QED) is 0.908. The van der Waals surface area contributed by atoms with Crippen LogP contribution in [0, 0.1) is 0 Å². The Balaban J connectivity index is 1.84. The van der Waals surface area contributed by atoms with Crippen molar-refractivity contribution in [3.63, 3.8) is 0 Å². The highest BCUT2D eigenvalue weighted by atomic mass is 79.9. The first kappa shape index (κ1) is 14.6. The molecule has 0 saturated carbocycles. The molecule has 2 aromatic carbocycles. The van der Waals surface area contributed by atoms with E-state index < -0.39 is 6.09 Å². The van der Waals surface area contributed by atoms with Crippen molar-refractivity contribution < 1.29 is 14.3 Å². The van der Waals surface area contributed by atoms with Crippen LogP contribution in [0.2, 0.25) is 0 Å². The van der Waals surface area contributed by atoms with Crippen LogP contribution in [0.3, 0.4) is 0 Å². The van der Waals surface area contributed by atoms with Gasteiger partial charge in [0.05, 0.1) is 17.9 Å². The Morgan fingerprint density at radius 3 is 2.55 bits per heavy atom. The molecule has 0 aliphatic carbocycles. The van der Waals surface area contributed by atoms with E-state index in [1.165, 1.54) is 4.90 Å². The number of benzene rings is 2. The van der Waals surface area contributed by atoms with E-state index in [0.29, 0.717) is 30.1 Å². The number of halogens is 1. The van der Waals surface area contributed by atoms with E-state index in [4.69, 9.17) is 4.74 Å². The van der Waals surface area contributed by atoms with Gasteiger partial charge in [-0.2, -0.15) is 0 Å². The highest BCUT2D eigenvalue weighted by Crippen LogP contribution is 2.28. The molecule has 1 saturated heterocycles. The zero-order valence-electron chi connectivity index (χ0n) is 11.6. The largest absolute Gasteiger partial charge is 0.447 e. The minimum atomic E-state index is -0.398. The summed E-state index contributed by atoms with van der Waals surface area (Å²) in [5.41, 5.74) is 1.76. The third-order valence-electron chi connectivity index (χ3n) is 3.31. The molecule has 1 fully saturated rings. The van der Waals surface area contributed by atoms with E-state index in [1.54, 1.807) is 36.4 Å². The SMILES string of the molecule is O=C(Nc1ccccc1N1CCOC1=O)c1ccc(Br)cc1. The van der Waals surface area contributed by atoms with Crippen molar-refractivity contribution >= 4 is 39.3 Å². The Kier molecular flexibility index (Phi) is 4.11. The highest BCUT2D eigenvalue weighted by Gasteiger charge is 2.25. The van der Waals surface area contributed by atoms with E-state index in [0.717, 1.165) is 4.47 Å². The Labute approximate surface area is 136 Å². The molecule has 6 heteroatoms. The average molecular weight is 361 g/mol. The summed E-state index contributed by atoms with van der Waals surface area (Å²) in [6.45, 7) is 0.831. The molecule has 0 aromatic heterocycles. The first-order valence-electron chi connectivity index (χ1n) is 6.75. The summed E-state index contributed by atoms with van der Waals surface area (Å²) >= 11 is 3.33. The Morgan fingerprint density at radius 2 is 1.86 bits per heavy atom. The van der Waals surface area contributed by atoms with Crippen molar-refractivity contribution in [3.8, 4) is 0 Å². The molecule has 0 spiro atoms. The van der Waals surface area contributed by atoms with E-state index in [-0.39, 0.29) is 5.91 Å². The van der Waals surface area contributed by atoms with Gasteiger partial charge in [-0.15, -0.1) is 0 Å². The summed E-state index contributed by atoms with van der Waals surface area (Å²) in [5, 5.41) is 2.84. The normalized spacial score (nSPS) is 13.9. The molecule has 5 nitrogen and oxygen atoms in total. The maximum Gasteiger partial charge on any atom is 0.414 e. The third-order valence-corrected chi connectivity index (χ3v) is 3.84. The lowest BCUT2D eigenvalue weighted by atomic mass is 10.2. The number of para-hydroxylation sites is 2. The second-order valence-corrected chi connectivity index (χ2v) is 5.66. The van der Waals surface area contributed by atoms with Crippen LogP contribution in [-0.4, -0.2) is 25.2 Å². The average Bonchev–Trinajstić information content (AvgIpc) is 2.94. The maximum atomic E-state index is 12.3. The number of cyclic esters (lactones) is 1. The topological polar surface area (TPSA) is 58.6 Å². The first-order valence-corrected chi connectivity index (χ1v) is 7.55. The minimum Gasteiger partial charge on any atom is -0.447 e. The van der Waals surface area contributed by atoms with Gasteiger partial charge in [-0.05, 0) is 36.4 Å². The van der Waals surface area contributed by atoms with Gasteiger partial charge in [-0.3, -0.25) is 9.69 Å². The smallest absolute Gasteiger partial charge is 0.414 e. The van der Waals surface area contributed by atoms with Gasteiger partial charge in [0.25, 0.3) is 5.91 Å². The molecule has 1 heterocycles. The van der Waals surface area contributed by atoms with Crippen LogP contribution in [0.5, 0.6) is 0 Å². The van der Waals surface area contributed by atoms with Crippen molar-refractivity contribution in [1.29, 1.82) is 0 Å². The number of ether oxygens (including phenoxy) is 1. The lowest BCUT2D eigenvalue weighted by molar-refractivity contribution is 0.102. The van der Waals surface area contributed by atoms with Gasteiger partial charge in [0, 0.05) is 10.0 Å². The summed E-state index contributed by atoms with van der Waals surface area (Å²) in [6.07, 6.45) is -0.398. The molecule has 22 heavy (non-hydrogen) atoms. The molecule has 1 N–H and O–H groups in total. The van der Waals surface area contributed by atoms with Crippen molar-refractivity contribution in [2.75, 3.05) is 23.4 Å². The van der Waals surface area contributed by atoms with Crippen LogP contribution in [0.25, 0.3) is 0 Å². The van der Waals surface area contributed by atoms with Crippen LogP contribution in [-0.2, 0) is 4.74 Å². The van der Waals surface area contributed by atoms with Gasteiger partial charge < -0.3 is 10.1 Å². The number of rotatable bonds is 3. The van der Waals surface area contributed by atoms with Gasteiger partial charge in [0.1, 0.15) is 6.61 Å². The number of hydrogen-bond donors (Lipinski definition) is 1. The Morgan fingerprint density at radius 1 is 1.14 bits per heavy atom. The molecule has 3 rings (SSSR count).